The molecule has 0 radical (unpaired) electrons. The lowest BCUT2D eigenvalue weighted by molar-refractivity contribution is -0.139. The topological polar surface area (TPSA) is 52.7 Å². The molecule has 0 spiro atoms. The van der Waals surface area contributed by atoms with Gasteiger partial charge in [-0.25, -0.2) is 0 Å². The summed E-state index contributed by atoms with van der Waals surface area (Å²) in [6.45, 7) is 5.68. The largest absolute Gasteiger partial charge is 0.339 e. The molecule has 1 aromatic carbocycles. The van der Waals surface area contributed by atoms with Crippen LogP contribution >= 0.6 is 12.4 Å². The number of hydrogen-bond acceptors (Lipinski definition) is 3. The third kappa shape index (κ3) is 5.19. The number of nitrogens with zero attached hydrogens (tertiary/aromatic N) is 2. The molecule has 6 heteroatoms. The summed E-state index contributed by atoms with van der Waals surface area (Å²) >= 11 is 0. The van der Waals surface area contributed by atoms with Gasteiger partial charge in [0.1, 0.15) is 0 Å². The number of nitrogens with one attached hydrogen (secondary N) is 1. The van der Waals surface area contributed by atoms with Gasteiger partial charge in [0.25, 0.3) is 0 Å². The summed E-state index contributed by atoms with van der Waals surface area (Å²) in [5, 5.41) is 3.37. The maximum absolute atomic E-state index is 12.5. The van der Waals surface area contributed by atoms with E-state index in [9.17, 15) is 9.59 Å². The molecular weight excluding hydrogens is 338 g/mol. The van der Waals surface area contributed by atoms with Crippen LogP contribution in [0.3, 0.4) is 0 Å². The molecule has 5 nitrogen and oxygen atoms in total. The van der Waals surface area contributed by atoms with Crippen LogP contribution in [-0.4, -0.2) is 60.4 Å². The molecule has 2 fully saturated rings. The van der Waals surface area contributed by atoms with E-state index in [-0.39, 0.29) is 24.2 Å². The van der Waals surface area contributed by atoms with E-state index in [1.807, 2.05) is 41.0 Å². The van der Waals surface area contributed by atoms with E-state index in [1.165, 1.54) is 6.42 Å². The molecule has 2 aliphatic rings. The molecule has 25 heavy (non-hydrogen) atoms. The Kier molecular flexibility index (Phi) is 7.26. The van der Waals surface area contributed by atoms with Crippen LogP contribution in [0, 0.1) is 6.92 Å². The van der Waals surface area contributed by atoms with Crippen molar-refractivity contribution < 1.29 is 9.59 Å². The summed E-state index contributed by atoms with van der Waals surface area (Å²) in [4.78, 5) is 28.6. The van der Waals surface area contributed by atoms with Crippen LogP contribution in [0.2, 0.25) is 0 Å². The van der Waals surface area contributed by atoms with Crippen molar-refractivity contribution in [3.8, 4) is 0 Å². The fourth-order valence-corrected chi connectivity index (χ4v) is 3.56. The van der Waals surface area contributed by atoms with E-state index in [1.54, 1.807) is 0 Å². The highest BCUT2D eigenvalue weighted by Crippen LogP contribution is 2.14. The fourth-order valence-electron chi connectivity index (χ4n) is 3.56. The highest BCUT2D eigenvalue weighted by Gasteiger charge is 2.26. The van der Waals surface area contributed by atoms with Gasteiger partial charge in [-0.3, -0.25) is 9.59 Å². The zero-order valence-corrected chi connectivity index (χ0v) is 15.7. The highest BCUT2D eigenvalue weighted by atomic mass is 35.5. The number of rotatable bonds is 4. The van der Waals surface area contributed by atoms with Crippen molar-refractivity contribution in [2.75, 3.05) is 32.7 Å². The van der Waals surface area contributed by atoms with Crippen molar-refractivity contribution >= 4 is 24.2 Å². The Morgan fingerprint density at radius 1 is 1.08 bits per heavy atom. The van der Waals surface area contributed by atoms with Gasteiger partial charge < -0.3 is 15.1 Å². The van der Waals surface area contributed by atoms with Gasteiger partial charge in [0.15, 0.2) is 0 Å². The molecule has 1 N–H and O–H groups in total. The fraction of sp³-hybridized carbons (Fsp3) is 0.579. The quantitative estimate of drug-likeness (QED) is 0.884. The van der Waals surface area contributed by atoms with Crippen molar-refractivity contribution in [1.82, 2.24) is 15.1 Å². The van der Waals surface area contributed by atoms with Gasteiger partial charge in [0.2, 0.25) is 11.8 Å². The first-order chi connectivity index (χ1) is 11.6. The smallest absolute Gasteiger partial charge is 0.227 e. The number of carbonyl (C=O) groups excluding carboxylic acids is 2. The maximum atomic E-state index is 12.5. The Morgan fingerprint density at radius 2 is 1.72 bits per heavy atom. The van der Waals surface area contributed by atoms with Crippen LogP contribution < -0.4 is 5.32 Å². The second-order valence-corrected chi connectivity index (χ2v) is 6.86. The van der Waals surface area contributed by atoms with E-state index in [2.05, 4.69) is 5.32 Å². The summed E-state index contributed by atoms with van der Waals surface area (Å²) < 4.78 is 0. The lowest BCUT2D eigenvalue weighted by Crippen LogP contribution is -2.51. The van der Waals surface area contributed by atoms with Crippen molar-refractivity contribution in [2.45, 2.75) is 38.6 Å². The molecule has 0 aromatic heterocycles. The molecule has 1 unspecified atom stereocenters. The number of carbonyl (C=O) groups is 2. The van der Waals surface area contributed by atoms with Crippen molar-refractivity contribution in [3.05, 3.63) is 35.4 Å². The normalized spacial score (nSPS) is 20.3. The Morgan fingerprint density at radius 3 is 2.32 bits per heavy atom. The monoisotopic (exact) mass is 365 g/mol. The minimum atomic E-state index is 0. The van der Waals surface area contributed by atoms with Gasteiger partial charge in [-0.1, -0.05) is 24.3 Å². The van der Waals surface area contributed by atoms with Crippen LogP contribution in [-0.2, 0) is 16.0 Å². The van der Waals surface area contributed by atoms with Gasteiger partial charge >= 0.3 is 0 Å². The van der Waals surface area contributed by atoms with Crippen LogP contribution in [0.1, 0.15) is 30.4 Å². The van der Waals surface area contributed by atoms with Gasteiger partial charge in [-0.15, -0.1) is 12.4 Å². The van der Waals surface area contributed by atoms with E-state index in [0.29, 0.717) is 45.1 Å². The minimum absolute atomic E-state index is 0. The number of benzene rings is 1. The zero-order chi connectivity index (χ0) is 16.9. The first kappa shape index (κ1) is 19.7. The SMILES string of the molecule is Cc1ccccc1CC(=O)N1CCN(C(=O)CC2CCCN2)CC1.Cl. The number of piperazine rings is 1. The van der Waals surface area contributed by atoms with E-state index in [4.69, 9.17) is 0 Å². The molecule has 2 heterocycles. The van der Waals surface area contributed by atoms with E-state index in [0.717, 1.165) is 24.1 Å². The number of hydrogen-bond donors (Lipinski definition) is 1. The average Bonchev–Trinajstić information content (AvgIpc) is 3.10. The predicted molar refractivity (Wildman–Crippen MR) is 101 cm³/mol. The Labute approximate surface area is 156 Å². The van der Waals surface area contributed by atoms with Gasteiger partial charge in [-0.05, 0) is 37.4 Å². The molecule has 1 aromatic rings. The Balaban J connectivity index is 0.00000225. The first-order valence-electron chi connectivity index (χ1n) is 8.97. The van der Waals surface area contributed by atoms with Crippen LogP contribution in [0.15, 0.2) is 24.3 Å². The van der Waals surface area contributed by atoms with Crippen LogP contribution in [0.5, 0.6) is 0 Å². The van der Waals surface area contributed by atoms with Crippen LogP contribution in [0.4, 0.5) is 0 Å². The second kappa shape index (κ2) is 9.20. The van der Waals surface area contributed by atoms with Crippen molar-refractivity contribution in [3.63, 3.8) is 0 Å². The summed E-state index contributed by atoms with van der Waals surface area (Å²) in [5.41, 5.74) is 2.25. The minimum Gasteiger partial charge on any atom is -0.339 e. The molecule has 0 aliphatic carbocycles. The molecule has 2 aliphatic heterocycles. The molecular formula is C19H28ClN3O2. The number of amides is 2. The Hall–Kier alpha value is -1.59. The predicted octanol–water partition coefficient (Wildman–Crippen LogP) is 1.77. The van der Waals surface area contributed by atoms with E-state index < -0.39 is 0 Å². The summed E-state index contributed by atoms with van der Waals surface area (Å²) in [7, 11) is 0. The first-order valence-corrected chi connectivity index (χ1v) is 8.97. The molecule has 2 saturated heterocycles. The lowest BCUT2D eigenvalue weighted by atomic mass is 10.1. The zero-order valence-electron chi connectivity index (χ0n) is 14.9. The standard InChI is InChI=1S/C19H27N3O2.ClH/c1-15-5-2-3-6-16(15)13-18(23)21-9-11-22(12-10-21)19(24)14-17-7-4-8-20-17;/h2-3,5-6,17,20H,4,7-14H2,1H3;1H. The molecule has 0 saturated carbocycles. The lowest BCUT2D eigenvalue weighted by Gasteiger charge is -2.35. The third-order valence-corrected chi connectivity index (χ3v) is 5.17. The summed E-state index contributed by atoms with van der Waals surface area (Å²) in [5.74, 6) is 0.384. The van der Waals surface area contributed by atoms with Crippen LogP contribution in [0.25, 0.3) is 0 Å². The van der Waals surface area contributed by atoms with Crippen molar-refractivity contribution in [2.24, 2.45) is 0 Å². The highest BCUT2D eigenvalue weighted by molar-refractivity contribution is 5.85. The summed E-state index contributed by atoms with van der Waals surface area (Å²) in [6, 6.07) is 8.37. The number of halogens is 1. The van der Waals surface area contributed by atoms with Crippen molar-refractivity contribution in [1.29, 1.82) is 0 Å². The van der Waals surface area contributed by atoms with Gasteiger partial charge in [-0.2, -0.15) is 0 Å². The molecule has 2 amide bonds. The third-order valence-electron chi connectivity index (χ3n) is 5.17. The second-order valence-electron chi connectivity index (χ2n) is 6.86. The average molecular weight is 366 g/mol. The Bertz CT molecular complexity index is 594. The molecule has 0 bridgehead atoms. The van der Waals surface area contributed by atoms with E-state index >= 15 is 0 Å². The molecule has 3 rings (SSSR count). The summed E-state index contributed by atoms with van der Waals surface area (Å²) in [6.07, 6.45) is 3.31. The van der Waals surface area contributed by atoms with Gasteiger partial charge in [0, 0.05) is 38.6 Å². The van der Waals surface area contributed by atoms with Gasteiger partial charge in [0.05, 0.1) is 6.42 Å². The molecule has 1 atom stereocenters. The maximum Gasteiger partial charge on any atom is 0.227 e. The molecule has 138 valence electrons. The number of aryl methyl sites for hydroxylation is 1.